The summed E-state index contributed by atoms with van der Waals surface area (Å²) in [6, 6.07) is 11.8. The third-order valence-corrected chi connectivity index (χ3v) is 6.35. The van der Waals surface area contributed by atoms with E-state index in [1.54, 1.807) is 6.07 Å². The van der Waals surface area contributed by atoms with Crippen LogP contribution < -0.4 is 24.2 Å². The second-order valence-electron chi connectivity index (χ2n) is 6.91. The van der Waals surface area contributed by atoms with Gasteiger partial charge in [0.15, 0.2) is 11.5 Å². The van der Waals surface area contributed by atoms with Crippen molar-refractivity contribution in [3.05, 3.63) is 71.0 Å². The summed E-state index contributed by atoms with van der Waals surface area (Å²) in [7, 11) is -2.66. The van der Waals surface area contributed by atoms with Crippen molar-refractivity contribution in [3.63, 3.8) is 0 Å². The van der Waals surface area contributed by atoms with Crippen molar-refractivity contribution in [2.24, 2.45) is 0 Å². The average molecular weight is 493 g/mol. The maximum Gasteiger partial charge on any atom is 0.262 e. The fourth-order valence-corrected chi connectivity index (χ4v) is 4.45. The van der Waals surface area contributed by atoms with Gasteiger partial charge in [0, 0.05) is 11.3 Å². The molecular weight excluding hydrogens is 475 g/mol. The number of amides is 1. The van der Waals surface area contributed by atoms with Crippen LogP contribution in [0.25, 0.3) is 0 Å². The van der Waals surface area contributed by atoms with E-state index in [4.69, 9.17) is 25.8 Å². The molecule has 8 nitrogen and oxygen atoms in total. The number of rotatable bonds is 6. The Hall–Kier alpha value is -3.50. The topological polar surface area (TPSA) is 103 Å². The van der Waals surface area contributed by atoms with Crippen LogP contribution in [-0.2, 0) is 10.0 Å². The van der Waals surface area contributed by atoms with Crippen LogP contribution in [0.5, 0.6) is 17.2 Å². The highest BCUT2D eigenvalue weighted by molar-refractivity contribution is 7.92. The molecule has 0 saturated carbocycles. The fraction of sp³-hybridized carbons (Fsp3) is 0.136. The Morgan fingerprint density at radius 3 is 2.52 bits per heavy atom. The Balaban J connectivity index is 1.58. The quantitative estimate of drug-likeness (QED) is 0.531. The van der Waals surface area contributed by atoms with Crippen LogP contribution in [0.1, 0.15) is 10.4 Å². The maximum atomic E-state index is 13.2. The molecule has 1 heterocycles. The minimum atomic E-state index is -4.03. The van der Waals surface area contributed by atoms with Gasteiger partial charge in [-0.1, -0.05) is 11.6 Å². The van der Waals surface area contributed by atoms with Crippen molar-refractivity contribution in [1.82, 2.24) is 0 Å². The van der Waals surface area contributed by atoms with Crippen molar-refractivity contribution in [2.75, 3.05) is 30.4 Å². The second kappa shape index (κ2) is 9.16. The molecule has 11 heteroatoms. The van der Waals surface area contributed by atoms with E-state index >= 15 is 0 Å². The number of hydrogen-bond acceptors (Lipinski definition) is 6. The Bertz CT molecular complexity index is 1320. The molecule has 0 spiro atoms. The van der Waals surface area contributed by atoms with Gasteiger partial charge in [0.2, 0.25) is 0 Å². The molecule has 2 N–H and O–H groups in total. The lowest BCUT2D eigenvalue weighted by Gasteiger charge is -2.20. The van der Waals surface area contributed by atoms with Crippen LogP contribution in [0, 0.1) is 5.82 Å². The molecule has 0 bridgehead atoms. The molecule has 0 saturated heterocycles. The van der Waals surface area contributed by atoms with Gasteiger partial charge in [0.1, 0.15) is 24.8 Å². The summed E-state index contributed by atoms with van der Waals surface area (Å²) in [6.07, 6.45) is 0. The number of benzene rings is 3. The normalized spacial score (nSPS) is 12.7. The number of carbonyl (C=O) groups is 1. The molecule has 0 aromatic heterocycles. The molecule has 1 aliphatic heterocycles. The van der Waals surface area contributed by atoms with Gasteiger partial charge in [0.25, 0.3) is 15.9 Å². The zero-order valence-corrected chi connectivity index (χ0v) is 18.8. The first kappa shape index (κ1) is 22.7. The molecule has 0 radical (unpaired) electrons. The molecule has 1 amide bonds. The lowest BCUT2D eigenvalue weighted by Crippen LogP contribution is -2.18. The Morgan fingerprint density at radius 1 is 1.06 bits per heavy atom. The maximum absolute atomic E-state index is 13.2. The number of ether oxygens (including phenoxy) is 3. The highest BCUT2D eigenvalue weighted by Gasteiger charge is 2.21. The van der Waals surface area contributed by atoms with E-state index in [0.29, 0.717) is 30.4 Å². The third kappa shape index (κ3) is 4.96. The van der Waals surface area contributed by atoms with E-state index in [1.165, 1.54) is 31.4 Å². The molecule has 0 fully saturated rings. The molecule has 33 heavy (non-hydrogen) atoms. The van der Waals surface area contributed by atoms with Crippen LogP contribution in [0.3, 0.4) is 0 Å². The summed E-state index contributed by atoms with van der Waals surface area (Å²) in [6.45, 7) is 0.700. The van der Waals surface area contributed by atoms with Gasteiger partial charge in [0.05, 0.1) is 22.7 Å². The number of fused-ring (bicyclic) bond motifs is 1. The fourth-order valence-electron chi connectivity index (χ4n) is 3.13. The zero-order valence-electron chi connectivity index (χ0n) is 17.2. The lowest BCUT2D eigenvalue weighted by molar-refractivity contribution is 0.102. The predicted octanol–water partition coefficient (Wildman–Crippen LogP) is 4.31. The van der Waals surface area contributed by atoms with Gasteiger partial charge in [-0.2, -0.15) is 0 Å². The Labute approximate surface area is 194 Å². The average Bonchev–Trinajstić information content (AvgIpc) is 2.79. The van der Waals surface area contributed by atoms with Crippen LogP contribution in [-0.4, -0.2) is 34.6 Å². The lowest BCUT2D eigenvalue weighted by atomic mass is 10.1. The first-order valence-corrected chi connectivity index (χ1v) is 11.5. The number of halogens is 2. The zero-order chi connectivity index (χ0) is 23.6. The van der Waals surface area contributed by atoms with Gasteiger partial charge in [-0.3, -0.25) is 9.52 Å². The van der Waals surface area contributed by atoms with Crippen LogP contribution in [0.4, 0.5) is 15.8 Å². The minimum Gasteiger partial charge on any atom is -0.495 e. The monoisotopic (exact) mass is 492 g/mol. The molecule has 3 aromatic rings. The molecule has 3 aromatic carbocycles. The number of nitrogens with one attached hydrogen (secondary N) is 2. The smallest absolute Gasteiger partial charge is 0.262 e. The number of anilines is 2. The second-order valence-corrected chi connectivity index (χ2v) is 9.00. The first-order chi connectivity index (χ1) is 15.8. The van der Waals surface area contributed by atoms with Crippen LogP contribution in [0.2, 0.25) is 5.02 Å². The Morgan fingerprint density at radius 2 is 1.79 bits per heavy atom. The molecule has 0 atom stereocenters. The number of sulfonamides is 1. The summed E-state index contributed by atoms with van der Waals surface area (Å²) >= 11 is 6.20. The van der Waals surface area contributed by atoms with E-state index < -0.39 is 21.7 Å². The molecule has 4 rings (SSSR count). The standard InChI is InChI=1S/C22H18ClFN2O6S/c1-30-19-7-4-15(12-18(19)26-33(28,29)16-5-2-14(24)3-6-16)25-22(27)13-10-17(23)21-20(11-13)31-8-9-32-21/h2-7,10-12,26H,8-9H2,1H3,(H,25,27). The first-order valence-electron chi connectivity index (χ1n) is 9.64. The van der Waals surface area contributed by atoms with Crippen molar-refractivity contribution in [2.45, 2.75) is 4.90 Å². The Kier molecular flexibility index (Phi) is 6.30. The van der Waals surface area contributed by atoms with Crippen molar-refractivity contribution < 1.29 is 31.8 Å². The molecule has 0 aliphatic carbocycles. The highest BCUT2D eigenvalue weighted by atomic mass is 35.5. The SMILES string of the molecule is COc1ccc(NC(=O)c2cc(Cl)c3c(c2)OCCO3)cc1NS(=O)(=O)c1ccc(F)cc1. The van der Waals surface area contributed by atoms with Gasteiger partial charge in [-0.05, 0) is 54.6 Å². The molecular formula is C22H18ClFN2O6S. The highest BCUT2D eigenvalue weighted by Crippen LogP contribution is 2.38. The van der Waals surface area contributed by atoms with E-state index in [0.717, 1.165) is 24.3 Å². The summed E-state index contributed by atoms with van der Waals surface area (Å²) in [4.78, 5) is 12.7. The summed E-state index contributed by atoms with van der Waals surface area (Å²) < 4.78 is 57.1. The van der Waals surface area contributed by atoms with Crippen LogP contribution in [0.15, 0.2) is 59.5 Å². The number of methoxy groups -OCH3 is 1. The van der Waals surface area contributed by atoms with Crippen molar-refractivity contribution in [1.29, 1.82) is 0 Å². The van der Waals surface area contributed by atoms with Crippen LogP contribution >= 0.6 is 11.6 Å². The van der Waals surface area contributed by atoms with Gasteiger partial charge in [-0.25, -0.2) is 12.8 Å². The van der Waals surface area contributed by atoms with Gasteiger partial charge >= 0.3 is 0 Å². The molecule has 0 unspecified atom stereocenters. The van der Waals surface area contributed by atoms with E-state index in [1.807, 2.05) is 0 Å². The van der Waals surface area contributed by atoms with Gasteiger partial charge < -0.3 is 19.5 Å². The minimum absolute atomic E-state index is 0.0832. The summed E-state index contributed by atoms with van der Waals surface area (Å²) in [5.74, 6) is -0.0919. The number of hydrogen-bond donors (Lipinski definition) is 2. The van der Waals surface area contributed by atoms with E-state index in [2.05, 4.69) is 10.0 Å². The molecule has 1 aliphatic rings. The third-order valence-electron chi connectivity index (χ3n) is 4.68. The summed E-state index contributed by atoms with van der Waals surface area (Å²) in [5.41, 5.74) is 0.608. The van der Waals surface area contributed by atoms with E-state index in [-0.39, 0.29) is 26.9 Å². The number of carbonyl (C=O) groups excluding carboxylic acids is 1. The largest absolute Gasteiger partial charge is 0.495 e. The van der Waals surface area contributed by atoms with Crippen molar-refractivity contribution in [3.8, 4) is 17.2 Å². The van der Waals surface area contributed by atoms with E-state index in [9.17, 15) is 17.6 Å². The summed E-state index contributed by atoms with van der Waals surface area (Å²) in [5, 5.41) is 2.92. The molecule has 172 valence electrons. The van der Waals surface area contributed by atoms with Gasteiger partial charge in [-0.15, -0.1) is 0 Å². The predicted molar refractivity (Wildman–Crippen MR) is 121 cm³/mol. The van der Waals surface area contributed by atoms with Crippen molar-refractivity contribution >= 4 is 38.9 Å².